The molecule has 1 aliphatic heterocycles. The van der Waals surface area contributed by atoms with E-state index in [0.29, 0.717) is 31.5 Å². The molecule has 1 aromatic heterocycles. The molecule has 1 aromatic carbocycles. The van der Waals surface area contributed by atoms with Crippen LogP contribution in [0.4, 0.5) is 4.79 Å². The maximum Gasteiger partial charge on any atom is 0.318 e. The summed E-state index contributed by atoms with van der Waals surface area (Å²) in [6.45, 7) is 10.2. The number of piperidine rings is 1. The van der Waals surface area contributed by atoms with Crippen molar-refractivity contribution in [1.82, 2.24) is 24.9 Å². The number of urea groups is 1. The molecule has 2 heterocycles. The number of rotatable bonds is 8. The van der Waals surface area contributed by atoms with Gasteiger partial charge in [0.15, 0.2) is 0 Å². The van der Waals surface area contributed by atoms with Crippen LogP contribution in [-0.4, -0.2) is 58.4 Å². The zero-order valence-electron chi connectivity index (χ0n) is 19.5. The number of nitrogens with zero attached hydrogens (tertiary/aromatic N) is 4. The Bertz CT molecular complexity index is 833. The monoisotopic (exact) mass is 427 g/mol. The summed E-state index contributed by atoms with van der Waals surface area (Å²) in [5, 5.41) is 7.75. The Morgan fingerprint density at radius 3 is 2.58 bits per heavy atom. The predicted octanol–water partition coefficient (Wildman–Crippen LogP) is 3.51. The highest BCUT2D eigenvalue weighted by Crippen LogP contribution is 2.18. The predicted molar refractivity (Wildman–Crippen MR) is 123 cm³/mol. The summed E-state index contributed by atoms with van der Waals surface area (Å²) in [6, 6.07) is 10.1. The van der Waals surface area contributed by atoms with Gasteiger partial charge in [0, 0.05) is 32.4 Å². The molecule has 0 aliphatic carbocycles. The number of likely N-dealkylation sites (tertiary alicyclic amines) is 1. The van der Waals surface area contributed by atoms with Crippen LogP contribution in [0.3, 0.4) is 0 Å². The fourth-order valence-corrected chi connectivity index (χ4v) is 3.94. The van der Waals surface area contributed by atoms with Gasteiger partial charge in [0.25, 0.3) is 0 Å². The van der Waals surface area contributed by atoms with Gasteiger partial charge in [-0.15, -0.1) is 0 Å². The number of ether oxygens (including phenoxy) is 1. The van der Waals surface area contributed by atoms with Crippen LogP contribution in [0.25, 0.3) is 0 Å². The molecule has 0 saturated carbocycles. The fraction of sp³-hybridized carbons (Fsp3) is 0.583. The molecule has 1 N–H and O–H groups in total. The number of amides is 2. The summed E-state index contributed by atoms with van der Waals surface area (Å²) in [5.41, 5.74) is 1.95. The Hall–Kier alpha value is -2.54. The normalized spacial score (nSPS) is 19.4. The Kier molecular flexibility index (Phi) is 7.96. The van der Waals surface area contributed by atoms with Crippen molar-refractivity contribution in [2.75, 3.05) is 26.7 Å². The topological polar surface area (TPSA) is 62.6 Å². The van der Waals surface area contributed by atoms with Crippen molar-refractivity contribution in [2.45, 2.75) is 46.3 Å². The number of carbonyl (C=O) groups excluding carboxylic acids is 1. The van der Waals surface area contributed by atoms with Crippen molar-refractivity contribution >= 4 is 6.03 Å². The average Bonchev–Trinajstić information content (AvgIpc) is 3.13. The molecule has 3 rings (SSSR count). The highest BCUT2D eigenvalue weighted by atomic mass is 16.5. The highest BCUT2D eigenvalue weighted by Gasteiger charge is 2.27. The zero-order valence-corrected chi connectivity index (χ0v) is 19.5. The second-order valence-corrected chi connectivity index (χ2v) is 9.27. The van der Waals surface area contributed by atoms with E-state index >= 15 is 0 Å². The van der Waals surface area contributed by atoms with Crippen molar-refractivity contribution in [3.8, 4) is 5.75 Å². The van der Waals surface area contributed by atoms with Gasteiger partial charge in [-0.3, -0.25) is 4.68 Å². The van der Waals surface area contributed by atoms with E-state index in [9.17, 15) is 4.79 Å². The van der Waals surface area contributed by atoms with Gasteiger partial charge in [0.2, 0.25) is 0 Å². The summed E-state index contributed by atoms with van der Waals surface area (Å²) < 4.78 is 7.55. The molecule has 0 bridgehead atoms. The third-order valence-corrected chi connectivity index (χ3v) is 5.71. The summed E-state index contributed by atoms with van der Waals surface area (Å²) >= 11 is 0. The van der Waals surface area contributed by atoms with Crippen LogP contribution in [0.1, 0.15) is 38.4 Å². The molecule has 1 saturated heterocycles. The van der Waals surface area contributed by atoms with Crippen molar-refractivity contribution in [1.29, 1.82) is 0 Å². The lowest BCUT2D eigenvalue weighted by Gasteiger charge is -2.36. The molecule has 7 nitrogen and oxygen atoms in total. The van der Waals surface area contributed by atoms with Crippen molar-refractivity contribution < 1.29 is 9.53 Å². The van der Waals surface area contributed by atoms with E-state index in [1.165, 1.54) is 0 Å². The molecule has 0 radical (unpaired) electrons. The molecule has 2 atom stereocenters. The molecule has 1 aliphatic rings. The summed E-state index contributed by atoms with van der Waals surface area (Å²) in [6.07, 6.45) is 2.88. The van der Waals surface area contributed by atoms with E-state index in [1.54, 1.807) is 4.68 Å². The number of hydrogen-bond acceptors (Lipinski definition) is 4. The lowest BCUT2D eigenvalue weighted by Crippen LogP contribution is -2.52. The second-order valence-electron chi connectivity index (χ2n) is 9.27. The van der Waals surface area contributed by atoms with Gasteiger partial charge in [-0.25, -0.2) is 4.79 Å². The van der Waals surface area contributed by atoms with Gasteiger partial charge in [-0.05, 0) is 55.6 Å². The van der Waals surface area contributed by atoms with Crippen LogP contribution in [0, 0.1) is 11.8 Å². The standard InChI is InChI=1S/C24H37N5O2/c1-18(2)17-31-22-8-6-20(7-9-22)15-29(16-21-10-13-28(5)26-21)24(30)25-23-11-12-27(4)14-19(23)3/h6-10,13,18-19,23H,11-12,14-17H2,1-5H3,(H,25,30)/t19-,23-/m0/s1. The largest absolute Gasteiger partial charge is 0.493 e. The zero-order chi connectivity index (χ0) is 22.4. The van der Waals surface area contributed by atoms with Crippen LogP contribution in [0.2, 0.25) is 0 Å². The van der Waals surface area contributed by atoms with E-state index in [1.807, 2.05) is 48.5 Å². The smallest absolute Gasteiger partial charge is 0.318 e. The quantitative estimate of drug-likeness (QED) is 0.700. The Labute approximate surface area is 186 Å². The van der Waals surface area contributed by atoms with Crippen molar-refractivity contribution in [3.63, 3.8) is 0 Å². The van der Waals surface area contributed by atoms with E-state index < -0.39 is 0 Å². The Morgan fingerprint density at radius 1 is 1.23 bits per heavy atom. The second kappa shape index (κ2) is 10.7. The first-order valence-corrected chi connectivity index (χ1v) is 11.2. The molecular formula is C24H37N5O2. The number of carbonyl (C=O) groups is 1. The lowest BCUT2D eigenvalue weighted by atomic mass is 9.94. The molecule has 0 unspecified atom stereocenters. The van der Waals surface area contributed by atoms with Crippen molar-refractivity contribution in [3.05, 3.63) is 47.8 Å². The first-order chi connectivity index (χ1) is 14.8. The Morgan fingerprint density at radius 2 is 1.97 bits per heavy atom. The molecule has 2 amide bonds. The molecule has 170 valence electrons. The fourth-order valence-electron chi connectivity index (χ4n) is 3.94. The maximum absolute atomic E-state index is 13.2. The minimum atomic E-state index is -0.0350. The third kappa shape index (κ3) is 6.99. The summed E-state index contributed by atoms with van der Waals surface area (Å²) in [4.78, 5) is 17.4. The number of hydrogen-bond donors (Lipinski definition) is 1. The molecule has 2 aromatic rings. The van der Waals surface area contributed by atoms with Crippen LogP contribution in [-0.2, 0) is 20.1 Å². The minimum absolute atomic E-state index is 0.0350. The molecule has 7 heteroatoms. The lowest BCUT2D eigenvalue weighted by molar-refractivity contribution is 0.153. The molecule has 0 spiro atoms. The van der Waals surface area contributed by atoms with E-state index in [4.69, 9.17) is 4.74 Å². The Balaban J connectivity index is 1.68. The minimum Gasteiger partial charge on any atom is -0.493 e. The first kappa shape index (κ1) is 23.1. The average molecular weight is 428 g/mol. The van der Waals surface area contributed by atoms with Gasteiger partial charge in [-0.1, -0.05) is 32.9 Å². The number of aromatic nitrogens is 2. The van der Waals surface area contributed by atoms with Crippen LogP contribution >= 0.6 is 0 Å². The van der Waals surface area contributed by atoms with Crippen LogP contribution < -0.4 is 10.1 Å². The molecule has 1 fully saturated rings. The van der Waals surface area contributed by atoms with Gasteiger partial charge in [0.1, 0.15) is 5.75 Å². The SMILES string of the molecule is CC(C)COc1ccc(CN(Cc2ccn(C)n2)C(=O)N[C@H]2CCN(C)C[C@@H]2C)cc1. The summed E-state index contributed by atoms with van der Waals surface area (Å²) in [5.74, 6) is 1.77. The third-order valence-electron chi connectivity index (χ3n) is 5.71. The van der Waals surface area contributed by atoms with Gasteiger partial charge in [-0.2, -0.15) is 5.10 Å². The number of nitrogens with one attached hydrogen (secondary N) is 1. The molecule has 31 heavy (non-hydrogen) atoms. The van der Waals surface area contributed by atoms with E-state index in [0.717, 1.165) is 36.5 Å². The maximum atomic E-state index is 13.2. The van der Waals surface area contributed by atoms with Gasteiger partial charge in [0.05, 0.1) is 18.8 Å². The van der Waals surface area contributed by atoms with E-state index in [-0.39, 0.29) is 12.1 Å². The molecular weight excluding hydrogens is 390 g/mol. The number of aryl methyl sites for hydroxylation is 1. The summed E-state index contributed by atoms with van der Waals surface area (Å²) in [7, 11) is 4.03. The van der Waals surface area contributed by atoms with Gasteiger partial charge >= 0.3 is 6.03 Å². The van der Waals surface area contributed by atoms with E-state index in [2.05, 4.69) is 43.1 Å². The van der Waals surface area contributed by atoms with Crippen LogP contribution in [0.5, 0.6) is 5.75 Å². The van der Waals surface area contributed by atoms with Crippen molar-refractivity contribution in [2.24, 2.45) is 18.9 Å². The highest BCUT2D eigenvalue weighted by molar-refractivity contribution is 5.74. The van der Waals surface area contributed by atoms with Crippen LogP contribution in [0.15, 0.2) is 36.5 Å². The first-order valence-electron chi connectivity index (χ1n) is 11.2. The number of benzene rings is 1. The van der Waals surface area contributed by atoms with Gasteiger partial charge < -0.3 is 19.9 Å².